The average Bonchev–Trinajstić information content (AvgIpc) is 3.15. The van der Waals surface area contributed by atoms with E-state index in [2.05, 4.69) is 17.2 Å². The molecule has 4 aromatic rings. The number of carbonyl (C=O) groups is 1. The molecule has 1 unspecified atom stereocenters. The Bertz CT molecular complexity index is 1160. The lowest BCUT2D eigenvalue weighted by Gasteiger charge is -2.10. The molecule has 0 saturated heterocycles. The number of Topliss-reactive ketones (excluding diaryl/α,β-unsaturated/α-hetero) is 1. The lowest BCUT2D eigenvalue weighted by atomic mass is 9.94. The van der Waals surface area contributed by atoms with Crippen molar-refractivity contribution in [2.24, 2.45) is 5.92 Å². The van der Waals surface area contributed by atoms with Gasteiger partial charge in [-0.15, -0.1) is 0 Å². The van der Waals surface area contributed by atoms with Crippen LogP contribution in [-0.4, -0.2) is 10.8 Å². The lowest BCUT2D eigenvalue weighted by Crippen LogP contribution is -2.10. The second kappa shape index (κ2) is 8.49. The Morgan fingerprint density at radius 3 is 2.37 bits per heavy atom. The normalized spacial score (nSPS) is 12.1. The number of nitrogens with one attached hydrogen (secondary N) is 1. The molecule has 0 saturated carbocycles. The number of halogens is 1. The number of hydrogen-bond acceptors (Lipinski definition) is 4. The quantitative estimate of drug-likeness (QED) is 0.338. The van der Waals surface area contributed by atoms with Crippen molar-refractivity contribution in [2.45, 2.75) is 26.7 Å². The van der Waals surface area contributed by atoms with Gasteiger partial charge in [0, 0.05) is 23.2 Å². The molecule has 1 atom stereocenters. The highest BCUT2D eigenvalue weighted by Gasteiger charge is 2.14. The molecule has 1 aromatic heterocycles. The highest BCUT2D eigenvalue weighted by molar-refractivity contribution is 5.98. The topological polar surface area (TPSA) is 55.1 Å². The summed E-state index contributed by atoms with van der Waals surface area (Å²) in [5.74, 6) is -0.102. The second-order valence-corrected chi connectivity index (χ2v) is 7.46. The van der Waals surface area contributed by atoms with Crippen molar-refractivity contribution in [1.29, 1.82) is 0 Å². The number of fused-ring (bicyclic) bond motifs is 1. The van der Waals surface area contributed by atoms with Crippen LogP contribution >= 0.6 is 0 Å². The molecule has 0 spiro atoms. The third-order valence-corrected chi connectivity index (χ3v) is 5.16. The van der Waals surface area contributed by atoms with Crippen LogP contribution < -0.4 is 5.32 Å². The van der Waals surface area contributed by atoms with Crippen molar-refractivity contribution in [2.75, 3.05) is 5.32 Å². The van der Waals surface area contributed by atoms with E-state index >= 15 is 0 Å². The highest BCUT2D eigenvalue weighted by Crippen LogP contribution is 2.26. The third-order valence-electron chi connectivity index (χ3n) is 5.16. The lowest BCUT2D eigenvalue weighted by molar-refractivity contribution is 0.0923. The molecule has 3 aromatic carbocycles. The summed E-state index contributed by atoms with van der Waals surface area (Å²) in [5, 5.41) is 3.10. The number of carbonyl (C=O) groups excluding carboxylic acids is 1. The van der Waals surface area contributed by atoms with E-state index in [0.29, 0.717) is 17.1 Å². The Morgan fingerprint density at radius 1 is 1.03 bits per heavy atom. The van der Waals surface area contributed by atoms with E-state index in [1.54, 1.807) is 6.07 Å². The van der Waals surface area contributed by atoms with E-state index in [-0.39, 0.29) is 17.5 Å². The summed E-state index contributed by atoms with van der Waals surface area (Å²) in [6.45, 7) is 4.08. The van der Waals surface area contributed by atoms with Gasteiger partial charge >= 0.3 is 0 Å². The van der Waals surface area contributed by atoms with Gasteiger partial charge in [-0.05, 0) is 41.8 Å². The Balaban J connectivity index is 1.47. The molecule has 0 radical (unpaired) electrons. The fourth-order valence-corrected chi connectivity index (χ4v) is 3.50. The molecule has 4 rings (SSSR count). The average molecular weight is 402 g/mol. The first kappa shape index (κ1) is 19.8. The molecule has 0 amide bonds. The van der Waals surface area contributed by atoms with Crippen LogP contribution in [0.1, 0.15) is 37.0 Å². The molecule has 4 nitrogen and oxygen atoms in total. The fraction of sp³-hybridized carbons (Fsp3) is 0.200. The van der Waals surface area contributed by atoms with Gasteiger partial charge in [0.05, 0.1) is 0 Å². The standard InChI is InChI=1S/C25H23FN2O2/c1-3-4-16(2)24(29)19-7-5-17(6-8-19)18-9-12-21(13-10-18)27-25-28-22-15-20(26)11-14-23(22)30-25/h5-16H,3-4H2,1-2H3,(H,27,28). The molecule has 1 heterocycles. The van der Waals surface area contributed by atoms with Gasteiger partial charge in [-0.3, -0.25) is 4.79 Å². The third kappa shape index (κ3) is 4.25. The summed E-state index contributed by atoms with van der Waals surface area (Å²) >= 11 is 0. The van der Waals surface area contributed by atoms with Crippen molar-refractivity contribution in [1.82, 2.24) is 4.98 Å². The summed E-state index contributed by atoms with van der Waals surface area (Å²) < 4.78 is 18.9. The second-order valence-electron chi connectivity index (χ2n) is 7.46. The summed E-state index contributed by atoms with van der Waals surface area (Å²) in [7, 11) is 0. The Labute approximate surface area is 174 Å². The molecule has 5 heteroatoms. The molecular weight excluding hydrogens is 379 g/mol. The number of aromatic nitrogens is 1. The van der Waals surface area contributed by atoms with Gasteiger partial charge in [-0.25, -0.2) is 4.39 Å². The van der Waals surface area contributed by atoms with Crippen molar-refractivity contribution in [3.8, 4) is 11.1 Å². The maximum Gasteiger partial charge on any atom is 0.300 e. The van der Waals surface area contributed by atoms with Crippen molar-refractivity contribution >= 4 is 28.6 Å². The monoisotopic (exact) mass is 402 g/mol. The van der Waals surface area contributed by atoms with E-state index in [4.69, 9.17) is 4.42 Å². The summed E-state index contributed by atoms with van der Waals surface area (Å²) in [5.41, 5.74) is 4.64. The van der Waals surface area contributed by atoms with Gasteiger partial charge in [0.15, 0.2) is 11.4 Å². The van der Waals surface area contributed by atoms with Crippen LogP contribution in [0, 0.1) is 11.7 Å². The van der Waals surface area contributed by atoms with Gasteiger partial charge in [0.25, 0.3) is 6.01 Å². The summed E-state index contributed by atoms with van der Waals surface area (Å²) in [6, 6.07) is 20.1. The van der Waals surface area contributed by atoms with Gasteiger partial charge in [-0.2, -0.15) is 4.98 Å². The smallest absolute Gasteiger partial charge is 0.300 e. The first-order valence-electron chi connectivity index (χ1n) is 10.1. The van der Waals surface area contributed by atoms with E-state index in [1.165, 1.54) is 12.1 Å². The zero-order valence-corrected chi connectivity index (χ0v) is 17.0. The number of nitrogens with zero attached hydrogens (tertiary/aromatic N) is 1. The van der Waals surface area contributed by atoms with E-state index < -0.39 is 0 Å². The van der Waals surface area contributed by atoms with Crippen molar-refractivity contribution in [3.63, 3.8) is 0 Å². The van der Waals surface area contributed by atoms with Gasteiger partial charge in [0.1, 0.15) is 11.3 Å². The maximum absolute atomic E-state index is 13.3. The van der Waals surface area contributed by atoms with Crippen molar-refractivity contribution in [3.05, 3.63) is 78.1 Å². The van der Waals surface area contributed by atoms with E-state index in [0.717, 1.165) is 35.2 Å². The molecule has 1 N–H and O–H groups in total. The summed E-state index contributed by atoms with van der Waals surface area (Å²) in [6.07, 6.45) is 1.91. The molecule has 0 bridgehead atoms. The molecule has 152 valence electrons. The molecule has 0 aliphatic carbocycles. The number of ketones is 1. The molecular formula is C25H23FN2O2. The van der Waals surface area contributed by atoms with Gasteiger partial charge in [0.2, 0.25) is 0 Å². The minimum atomic E-state index is -0.348. The number of rotatable bonds is 7. The largest absolute Gasteiger partial charge is 0.423 e. The molecule has 0 aliphatic heterocycles. The van der Waals surface area contributed by atoms with Crippen LogP contribution in [0.15, 0.2) is 71.1 Å². The van der Waals surface area contributed by atoms with Crippen LogP contribution in [0.25, 0.3) is 22.2 Å². The minimum Gasteiger partial charge on any atom is -0.423 e. The molecule has 0 aliphatic rings. The Hall–Kier alpha value is -3.47. The number of benzene rings is 3. The maximum atomic E-state index is 13.3. The number of hydrogen-bond donors (Lipinski definition) is 1. The van der Waals surface area contributed by atoms with Gasteiger partial charge in [-0.1, -0.05) is 56.7 Å². The fourth-order valence-electron chi connectivity index (χ4n) is 3.50. The van der Waals surface area contributed by atoms with Crippen LogP contribution in [-0.2, 0) is 0 Å². The Morgan fingerprint density at radius 2 is 1.70 bits per heavy atom. The number of oxazole rings is 1. The van der Waals surface area contributed by atoms with Crippen LogP contribution in [0.4, 0.5) is 16.1 Å². The Kier molecular flexibility index (Phi) is 5.61. The SMILES string of the molecule is CCCC(C)C(=O)c1ccc(-c2ccc(Nc3nc4cc(F)ccc4o3)cc2)cc1. The first-order valence-corrected chi connectivity index (χ1v) is 10.1. The van der Waals surface area contributed by atoms with E-state index in [1.807, 2.05) is 55.5 Å². The summed E-state index contributed by atoms with van der Waals surface area (Å²) in [4.78, 5) is 16.7. The predicted octanol–water partition coefficient (Wildman–Crippen LogP) is 7.00. The zero-order valence-electron chi connectivity index (χ0n) is 17.0. The first-order chi connectivity index (χ1) is 14.5. The molecule has 30 heavy (non-hydrogen) atoms. The number of anilines is 2. The van der Waals surface area contributed by atoms with E-state index in [9.17, 15) is 9.18 Å². The zero-order chi connectivity index (χ0) is 21.1. The minimum absolute atomic E-state index is 0.0505. The van der Waals surface area contributed by atoms with Crippen LogP contribution in [0.5, 0.6) is 0 Å². The van der Waals surface area contributed by atoms with Crippen LogP contribution in [0.2, 0.25) is 0 Å². The van der Waals surface area contributed by atoms with Crippen LogP contribution in [0.3, 0.4) is 0 Å². The predicted molar refractivity (Wildman–Crippen MR) is 118 cm³/mol. The van der Waals surface area contributed by atoms with Gasteiger partial charge < -0.3 is 9.73 Å². The highest BCUT2D eigenvalue weighted by atomic mass is 19.1. The molecule has 0 fully saturated rings. The van der Waals surface area contributed by atoms with Crippen molar-refractivity contribution < 1.29 is 13.6 Å².